The first kappa shape index (κ1) is 12.4. The molecule has 0 radical (unpaired) electrons. The van der Waals surface area contributed by atoms with Gasteiger partial charge in [0.1, 0.15) is 11.6 Å². The largest absolute Gasteiger partial charge is 0.433 e. The van der Waals surface area contributed by atoms with Crippen LogP contribution in [-0.2, 0) is 0 Å². The number of hydrogen-bond acceptors (Lipinski definition) is 2. The van der Waals surface area contributed by atoms with Gasteiger partial charge in [0.05, 0.1) is 12.2 Å². The molecular weight excluding hydrogens is 221 g/mol. The Bertz CT molecular complexity index is 407. The molecule has 5 heteroatoms. The Hall–Kier alpha value is -1.67. The standard InChI is InChI=1S/C11H9F3O2/c12-9-4-5-10(16-11(13)14)8(7-9)3-1-2-6-15/h4-5,7,11,15H,2,6H2. The van der Waals surface area contributed by atoms with E-state index in [1.54, 1.807) is 0 Å². The van der Waals surface area contributed by atoms with Crippen molar-refractivity contribution >= 4 is 0 Å². The Morgan fingerprint density at radius 2 is 2.12 bits per heavy atom. The Labute approximate surface area is 90.7 Å². The molecule has 86 valence electrons. The lowest BCUT2D eigenvalue weighted by Crippen LogP contribution is -2.03. The van der Waals surface area contributed by atoms with Crippen molar-refractivity contribution in [3.05, 3.63) is 29.6 Å². The van der Waals surface area contributed by atoms with Crippen LogP contribution in [0, 0.1) is 17.7 Å². The van der Waals surface area contributed by atoms with Gasteiger partial charge in [0.15, 0.2) is 0 Å². The first-order chi connectivity index (χ1) is 7.63. The van der Waals surface area contributed by atoms with E-state index in [-0.39, 0.29) is 24.3 Å². The molecule has 0 unspecified atom stereocenters. The Morgan fingerprint density at radius 1 is 1.38 bits per heavy atom. The molecule has 0 saturated heterocycles. The van der Waals surface area contributed by atoms with E-state index in [1.165, 1.54) is 0 Å². The number of halogens is 3. The summed E-state index contributed by atoms with van der Waals surface area (Å²) in [5.41, 5.74) is 0.0359. The first-order valence-corrected chi connectivity index (χ1v) is 4.47. The van der Waals surface area contributed by atoms with E-state index in [9.17, 15) is 13.2 Å². The Balaban J connectivity index is 2.95. The van der Waals surface area contributed by atoms with Gasteiger partial charge in [-0.05, 0) is 18.2 Å². The quantitative estimate of drug-likeness (QED) is 0.806. The molecule has 0 spiro atoms. The lowest BCUT2D eigenvalue weighted by molar-refractivity contribution is -0.0500. The van der Waals surface area contributed by atoms with Gasteiger partial charge in [-0.15, -0.1) is 0 Å². The van der Waals surface area contributed by atoms with Gasteiger partial charge in [-0.2, -0.15) is 8.78 Å². The lowest BCUT2D eigenvalue weighted by Gasteiger charge is -2.06. The fourth-order valence-corrected chi connectivity index (χ4v) is 1.01. The van der Waals surface area contributed by atoms with Crippen molar-refractivity contribution in [3.8, 4) is 17.6 Å². The summed E-state index contributed by atoms with van der Waals surface area (Å²) >= 11 is 0. The second-order valence-electron chi connectivity index (χ2n) is 2.79. The molecule has 2 nitrogen and oxygen atoms in total. The molecule has 0 atom stereocenters. The molecule has 16 heavy (non-hydrogen) atoms. The molecule has 0 saturated carbocycles. The number of aliphatic hydroxyl groups is 1. The molecule has 0 aromatic heterocycles. The van der Waals surface area contributed by atoms with Crippen LogP contribution in [-0.4, -0.2) is 18.3 Å². The fourth-order valence-electron chi connectivity index (χ4n) is 1.01. The molecule has 0 aliphatic heterocycles. The van der Waals surface area contributed by atoms with Crippen LogP contribution in [0.4, 0.5) is 13.2 Å². The van der Waals surface area contributed by atoms with Crippen molar-refractivity contribution in [2.24, 2.45) is 0 Å². The number of ether oxygens (including phenoxy) is 1. The summed E-state index contributed by atoms with van der Waals surface area (Å²) < 4.78 is 41.0. The number of hydrogen-bond donors (Lipinski definition) is 1. The van der Waals surface area contributed by atoms with Crippen molar-refractivity contribution in [2.45, 2.75) is 13.0 Å². The van der Waals surface area contributed by atoms with Gasteiger partial charge in [0.2, 0.25) is 0 Å². The molecule has 0 fully saturated rings. The molecule has 1 N–H and O–H groups in total. The second kappa shape index (κ2) is 6.03. The topological polar surface area (TPSA) is 29.5 Å². The van der Waals surface area contributed by atoms with E-state index >= 15 is 0 Å². The lowest BCUT2D eigenvalue weighted by atomic mass is 10.2. The minimum absolute atomic E-state index is 0.0359. The average molecular weight is 230 g/mol. The predicted molar refractivity (Wildman–Crippen MR) is 51.6 cm³/mol. The summed E-state index contributed by atoms with van der Waals surface area (Å²) in [7, 11) is 0. The maximum atomic E-state index is 12.8. The molecule has 0 amide bonds. The average Bonchev–Trinajstić information content (AvgIpc) is 2.22. The van der Waals surface area contributed by atoms with Crippen LogP contribution >= 0.6 is 0 Å². The molecule has 0 aliphatic rings. The van der Waals surface area contributed by atoms with Gasteiger partial charge in [-0.3, -0.25) is 0 Å². The monoisotopic (exact) mass is 230 g/mol. The molecule has 1 aromatic rings. The number of rotatable bonds is 3. The summed E-state index contributed by atoms with van der Waals surface area (Å²) in [6.45, 7) is -3.13. The van der Waals surface area contributed by atoms with Crippen LogP contribution in [0.5, 0.6) is 5.75 Å². The van der Waals surface area contributed by atoms with E-state index in [0.29, 0.717) is 0 Å². The van der Waals surface area contributed by atoms with Crippen molar-refractivity contribution < 1.29 is 23.0 Å². The van der Waals surface area contributed by atoms with E-state index in [0.717, 1.165) is 18.2 Å². The second-order valence-corrected chi connectivity index (χ2v) is 2.79. The van der Waals surface area contributed by atoms with Gasteiger partial charge in [0, 0.05) is 6.42 Å². The van der Waals surface area contributed by atoms with Crippen molar-refractivity contribution in [1.29, 1.82) is 0 Å². The summed E-state index contributed by atoms with van der Waals surface area (Å²) in [5.74, 6) is 4.19. The summed E-state index contributed by atoms with van der Waals surface area (Å²) in [5, 5.41) is 8.49. The van der Waals surface area contributed by atoms with Crippen LogP contribution in [0.15, 0.2) is 18.2 Å². The van der Waals surface area contributed by atoms with Crippen LogP contribution in [0.1, 0.15) is 12.0 Å². The highest BCUT2D eigenvalue weighted by Gasteiger charge is 2.08. The molecule has 0 bridgehead atoms. The third-order valence-electron chi connectivity index (χ3n) is 1.62. The van der Waals surface area contributed by atoms with Gasteiger partial charge < -0.3 is 9.84 Å². The van der Waals surface area contributed by atoms with Crippen molar-refractivity contribution in [3.63, 3.8) is 0 Å². The van der Waals surface area contributed by atoms with E-state index in [4.69, 9.17) is 5.11 Å². The van der Waals surface area contributed by atoms with Gasteiger partial charge >= 0.3 is 6.61 Å². The van der Waals surface area contributed by atoms with E-state index in [2.05, 4.69) is 16.6 Å². The smallest absolute Gasteiger partial charge is 0.387 e. The molecule has 1 rings (SSSR count). The summed E-state index contributed by atoms with van der Waals surface area (Å²) in [6, 6.07) is 3.10. The number of aliphatic hydroxyl groups excluding tert-OH is 1. The highest BCUT2D eigenvalue weighted by atomic mass is 19.3. The maximum absolute atomic E-state index is 12.8. The highest BCUT2D eigenvalue weighted by molar-refractivity contribution is 5.46. The van der Waals surface area contributed by atoms with Crippen LogP contribution in [0.2, 0.25) is 0 Å². The van der Waals surface area contributed by atoms with Crippen molar-refractivity contribution in [2.75, 3.05) is 6.61 Å². The Kier molecular flexibility index (Phi) is 4.67. The van der Waals surface area contributed by atoms with Crippen LogP contribution in [0.3, 0.4) is 0 Å². The molecular formula is C11H9F3O2. The van der Waals surface area contributed by atoms with Crippen molar-refractivity contribution in [1.82, 2.24) is 0 Å². The number of benzene rings is 1. The minimum atomic E-state index is -2.98. The van der Waals surface area contributed by atoms with E-state index < -0.39 is 12.4 Å². The van der Waals surface area contributed by atoms with E-state index in [1.807, 2.05) is 0 Å². The number of alkyl halides is 2. The summed E-state index contributed by atoms with van der Waals surface area (Å²) in [4.78, 5) is 0. The van der Waals surface area contributed by atoms with Gasteiger partial charge in [-0.1, -0.05) is 11.8 Å². The predicted octanol–water partition coefficient (Wildman–Crippen LogP) is 2.16. The zero-order chi connectivity index (χ0) is 12.0. The third kappa shape index (κ3) is 3.83. The SMILES string of the molecule is OCCC#Cc1cc(F)ccc1OC(F)F. The molecule has 1 aromatic carbocycles. The molecule has 0 heterocycles. The zero-order valence-electron chi connectivity index (χ0n) is 8.21. The first-order valence-electron chi connectivity index (χ1n) is 4.47. The van der Waals surface area contributed by atoms with Gasteiger partial charge in [-0.25, -0.2) is 4.39 Å². The molecule has 0 aliphatic carbocycles. The normalized spacial score (nSPS) is 9.81. The zero-order valence-corrected chi connectivity index (χ0v) is 8.21. The van der Waals surface area contributed by atoms with Crippen LogP contribution < -0.4 is 4.74 Å². The minimum Gasteiger partial charge on any atom is -0.433 e. The summed E-state index contributed by atoms with van der Waals surface area (Å²) in [6.07, 6.45) is 0.185. The maximum Gasteiger partial charge on any atom is 0.387 e. The fraction of sp³-hybridized carbons (Fsp3) is 0.273. The Morgan fingerprint density at radius 3 is 2.75 bits per heavy atom. The van der Waals surface area contributed by atoms with Crippen LogP contribution in [0.25, 0.3) is 0 Å². The van der Waals surface area contributed by atoms with Gasteiger partial charge in [0.25, 0.3) is 0 Å². The third-order valence-corrected chi connectivity index (χ3v) is 1.62. The highest BCUT2D eigenvalue weighted by Crippen LogP contribution is 2.20.